The van der Waals surface area contributed by atoms with E-state index in [1.165, 1.54) is 11.6 Å². The Balaban J connectivity index is 1.63. The average Bonchev–Trinajstić information content (AvgIpc) is 3.08. The number of benzene rings is 2. The Morgan fingerprint density at radius 3 is 2.53 bits per heavy atom. The number of anilines is 1. The summed E-state index contributed by atoms with van der Waals surface area (Å²) in [6, 6.07) is 13.3. The number of rotatable bonds is 8. The van der Waals surface area contributed by atoms with Crippen LogP contribution in [0.5, 0.6) is 11.5 Å². The van der Waals surface area contributed by atoms with Crippen molar-refractivity contribution in [2.24, 2.45) is 0 Å². The van der Waals surface area contributed by atoms with Crippen molar-refractivity contribution in [2.45, 2.75) is 33.8 Å². The van der Waals surface area contributed by atoms with Gasteiger partial charge in [-0.15, -0.1) is 0 Å². The largest absolute Gasteiger partial charge is 0.493 e. The van der Waals surface area contributed by atoms with Gasteiger partial charge in [0.15, 0.2) is 11.5 Å². The second-order valence-corrected chi connectivity index (χ2v) is 6.87. The van der Waals surface area contributed by atoms with E-state index in [9.17, 15) is 4.79 Å². The SMILES string of the molecule is CCc1ccc(NC(=O)/C=C/c2ccc(OCc3c(C)noc3C)c(OC)c2)cc1. The molecule has 0 spiro atoms. The lowest BCUT2D eigenvalue weighted by Crippen LogP contribution is -2.07. The first kappa shape index (κ1) is 21.2. The second kappa shape index (κ2) is 9.78. The third-order valence-electron chi connectivity index (χ3n) is 4.80. The van der Waals surface area contributed by atoms with Crippen molar-refractivity contribution >= 4 is 17.7 Å². The van der Waals surface area contributed by atoms with Crippen LogP contribution in [0.3, 0.4) is 0 Å². The molecule has 0 saturated carbocycles. The first-order valence-electron chi connectivity index (χ1n) is 9.80. The fourth-order valence-corrected chi connectivity index (χ4v) is 2.94. The van der Waals surface area contributed by atoms with Gasteiger partial charge in [0.1, 0.15) is 12.4 Å². The van der Waals surface area contributed by atoms with E-state index in [0.29, 0.717) is 18.1 Å². The number of methoxy groups -OCH3 is 1. The number of nitrogens with one attached hydrogen (secondary N) is 1. The number of aryl methyl sites for hydroxylation is 3. The maximum Gasteiger partial charge on any atom is 0.248 e. The van der Waals surface area contributed by atoms with Gasteiger partial charge in [-0.2, -0.15) is 0 Å². The first-order chi connectivity index (χ1) is 14.5. The maximum atomic E-state index is 12.2. The quantitative estimate of drug-likeness (QED) is 0.527. The summed E-state index contributed by atoms with van der Waals surface area (Å²) < 4.78 is 16.5. The third-order valence-corrected chi connectivity index (χ3v) is 4.80. The van der Waals surface area contributed by atoms with Crippen molar-refractivity contribution in [3.63, 3.8) is 0 Å². The summed E-state index contributed by atoms with van der Waals surface area (Å²) >= 11 is 0. The zero-order chi connectivity index (χ0) is 21.5. The monoisotopic (exact) mass is 406 g/mol. The van der Waals surface area contributed by atoms with Crippen LogP contribution in [0.15, 0.2) is 53.1 Å². The van der Waals surface area contributed by atoms with E-state index in [0.717, 1.165) is 34.7 Å². The predicted molar refractivity (Wildman–Crippen MR) is 117 cm³/mol. The van der Waals surface area contributed by atoms with Gasteiger partial charge in [0.05, 0.1) is 18.4 Å². The lowest BCUT2D eigenvalue weighted by molar-refractivity contribution is -0.111. The molecule has 6 heteroatoms. The molecule has 1 N–H and O–H groups in total. The van der Waals surface area contributed by atoms with Crippen molar-refractivity contribution in [3.8, 4) is 11.5 Å². The Bertz CT molecular complexity index is 1020. The number of carbonyl (C=O) groups is 1. The molecule has 0 unspecified atom stereocenters. The van der Waals surface area contributed by atoms with Crippen molar-refractivity contribution in [3.05, 3.63) is 76.7 Å². The molecule has 0 aliphatic rings. The van der Waals surface area contributed by atoms with E-state index in [-0.39, 0.29) is 5.91 Å². The summed E-state index contributed by atoms with van der Waals surface area (Å²) in [5, 5.41) is 6.78. The zero-order valence-corrected chi connectivity index (χ0v) is 17.7. The molecule has 0 aliphatic carbocycles. The number of carbonyl (C=O) groups excluding carboxylic acids is 1. The molecule has 0 saturated heterocycles. The van der Waals surface area contributed by atoms with E-state index < -0.39 is 0 Å². The number of aromatic nitrogens is 1. The Hall–Kier alpha value is -3.54. The van der Waals surface area contributed by atoms with E-state index >= 15 is 0 Å². The minimum atomic E-state index is -0.197. The van der Waals surface area contributed by atoms with Gasteiger partial charge in [-0.1, -0.05) is 30.3 Å². The van der Waals surface area contributed by atoms with Crippen LogP contribution in [0.4, 0.5) is 5.69 Å². The van der Waals surface area contributed by atoms with Crippen LogP contribution >= 0.6 is 0 Å². The van der Waals surface area contributed by atoms with Crippen molar-refractivity contribution in [2.75, 3.05) is 12.4 Å². The number of hydrogen-bond donors (Lipinski definition) is 1. The summed E-state index contributed by atoms with van der Waals surface area (Å²) in [5.41, 5.74) is 4.55. The molecule has 0 bridgehead atoms. The van der Waals surface area contributed by atoms with Gasteiger partial charge < -0.3 is 19.3 Å². The van der Waals surface area contributed by atoms with Gasteiger partial charge in [0, 0.05) is 11.8 Å². The highest BCUT2D eigenvalue weighted by molar-refractivity contribution is 6.01. The molecule has 0 radical (unpaired) electrons. The van der Waals surface area contributed by atoms with Crippen molar-refractivity contribution < 1.29 is 18.8 Å². The molecule has 0 aliphatic heterocycles. The molecule has 6 nitrogen and oxygen atoms in total. The van der Waals surface area contributed by atoms with Crippen molar-refractivity contribution in [1.29, 1.82) is 0 Å². The Morgan fingerprint density at radius 2 is 1.90 bits per heavy atom. The molecule has 1 aromatic heterocycles. The Kier molecular flexibility index (Phi) is 6.91. The second-order valence-electron chi connectivity index (χ2n) is 6.87. The number of hydrogen-bond acceptors (Lipinski definition) is 5. The highest BCUT2D eigenvalue weighted by Crippen LogP contribution is 2.30. The van der Waals surface area contributed by atoms with E-state index in [1.807, 2.05) is 56.3 Å². The maximum absolute atomic E-state index is 12.2. The van der Waals surface area contributed by atoms with Gasteiger partial charge in [-0.3, -0.25) is 4.79 Å². The minimum absolute atomic E-state index is 0.197. The molecule has 2 aromatic carbocycles. The highest BCUT2D eigenvalue weighted by atomic mass is 16.5. The zero-order valence-electron chi connectivity index (χ0n) is 17.7. The van der Waals surface area contributed by atoms with Crippen LogP contribution in [-0.4, -0.2) is 18.2 Å². The molecule has 156 valence electrons. The van der Waals surface area contributed by atoms with Crippen LogP contribution in [0.2, 0.25) is 0 Å². The van der Waals surface area contributed by atoms with Gasteiger partial charge >= 0.3 is 0 Å². The lowest BCUT2D eigenvalue weighted by Gasteiger charge is -2.11. The van der Waals surface area contributed by atoms with Crippen LogP contribution in [0, 0.1) is 13.8 Å². The molecular formula is C24H26N2O4. The summed E-state index contributed by atoms with van der Waals surface area (Å²) in [5.74, 6) is 1.73. The van der Waals surface area contributed by atoms with Crippen molar-refractivity contribution in [1.82, 2.24) is 5.16 Å². The van der Waals surface area contributed by atoms with E-state index in [1.54, 1.807) is 13.2 Å². The molecule has 30 heavy (non-hydrogen) atoms. The topological polar surface area (TPSA) is 73.6 Å². The normalized spacial score (nSPS) is 10.9. The van der Waals surface area contributed by atoms with Crippen LogP contribution < -0.4 is 14.8 Å². The molecule has 3 aromatic rings. The van der Waals surface area contributed by atoms with E-state index in [4.69, 9.17) is 14.0 Å². The number of amides is 1. The van der Waals surface area contributed by atoms with Gasteiger partial charge in [-0.25, -0.2) is 0 Å². The molecule has 1 amide bonds. The van der Waals surface area contributed by atoms with Gasteiger partial charge in [-0.05, 0) is 61.7 Å². The molecular weight excluding hydrogens is 380 g/mol. The van der Waals surface area contributed by atoms with Crippen LogP contribution in [0.25, 0.3) is 6.08 Å². The molecule has 1 heterocycles. The molecule has 0 atom stereocenters. The third kappa shape index (κ3) is 5.29. The predicted octanol–water partition coefficient (Wildman–Crippen LogP) is 5.09. The number of nitrogens with zero attached hydrogens (tertiary/aromatic N) is 1. The smallest absolute Gasteiger partial charge is 0.248 e. The standard InChI is InChI=1S/C24H26N2O4/c1-5-18-6-10-20(11-7-18)25-24(27)13-9-19-8-12-22(23(14-19)28-4)29-15-21-16(2)26-30-17(21)3/h6-14H,5,15H2,1-4H3,(H,25,27)/b13-9+. The summed E-state index contributed by atoms with van der Waals surface area (Å²) in [6.07, 6.45) is 4.19. The van der Waals surface area contributed by atoms with Crippen LogP contribution in [0.1, 0.15) is 35.1 Å². The van der Waals surface area contributed by atoms with E-state index in [2.05, 4.69) is 17.4 Å². The minimum Gasteiger partial charge on any atom is -0.493 e. The van der Waals surface area contributed by atoms with Gasteiger partial charge in [0.25, 0.3) is 0 Å². The molecule has 3 rings (SSSR count). The summed E-state index contributed by atoms with van der Waals surface area (Å²) in [4.78, 5) is 12.2. The number of ether oxygens (including phenoxy) is 2. The van der Waals surface area contributed by atoms with Gasteiger partial charge in [0.2, 0.25) is 5.91 Å². The lowest BCUT2D eigenvalue weighted by atomic mass is 10.1. The summed E-state index contributed by atoms with van der Waals surface area (Å²) in [7, 11) is 1.58. The molecule has 0 fully saturated rings. The highest BCUT2D eigenvalue weighted by Gasteiger charge is 2.12. The first-order valence-corrected chi connectivity index (χ1v) is 9.80. The van der Waals surface area contributed by atoms with Crippen LogP contribution in [-0.2, 0) is 17.8 Å². The fourth-order valence-electron chi connectivity index (χ4n) is 2.94. The summed E-state index contributed by atoms with van der Waals surface area (Å²) in [6.45, 7) is 6.17. The average molecular weight is 406 g/mol. The Labute approximate surface area is 176 Å². The fraction of sp³-hybridized carbons (Fsp3) is 0.250. The Morgan fingerprint density at radius 1 is 1.13 bits per heavy atom.